The van der Waals surface area contributed by atoms with Crippen LogP contribution in [0.4, 0.5) is 5.82 Å². The molecule has 1 spiro atoms. The fourth-order valence-corrected chi connectivity index (χ4v) is 8.17. The highest BCUT2D eigenvalue weighted by Crippen LogP contribution is 2.48. The van der Waals surface area contributed by atoms with Gasteiger partial charge in [0.1, 0.15) is 5.82 Å². The van der Waals surface area contributed by atoms with E-state index in [1.54, 1.807) is 6.20 Å². The average Bonchev–Trinajstić information content (AvgIpc) is 3.54. The molecule has 4 N–H and O–H groups in total. The Morgan fingerprint density at radius 1 is 1.03 bits per heavy atom. The van der Waals surface area contributed by atoms with Gasteiger partial charge in [0.25, 0.3) is 5.91 Å². The second-order valence-corrected chi connectivity index (χ2v) is 12.8. The molecule has 4 aliphatic carbocycles. The molecule has 2 bridgehead atoms. The summed E-state index contributed by atoms with van der Waals surface area (Å²) in [5.41, 5.74) is 11.2. The second-order valence-electron chi connectivity index (χ2n) is 12.8. The highest BCUT2D eigenvalue weighted by atomic mass is 16.5. The summed E-state index contributed by atoms with van der Waals surface area (Å²) in [7, 11) is 0. The molecule has 0 radical (unpaired) electrons. The Labute approximate surface area is 225 Å². The van der Waals surface area contributed by atoms with Crippen LogP contribution in [-0.4, -0.2) is 64.4 Å². The first-order valence-electron chi connectivity index (χ1n) is 14.6. The SMILES string of the molecule is Nc1ncc(-c2ccc3c(c2)CC[C@]32CCN(C3CCOCC3)C2)cc1C(=O)NC12CCC(O)(CC1)CC2. The quantitative estimate of drug-likeness (QED) is 0.569. The number of likely N-dealkylation sites (tertiary alicyclic amines) is 1. The molecule has 202 valence electrons. The minimum atomic E-state index is -0.527. The second kappa shape index (κ2) is 9.04. The van der Waals surface area contributed by atoms with E-state index in [9.17, 15) is 9.90 Å². The van der Waals surface area contributed by atoms with E-state index in [1.165, 1.54) is 30.5 Å². The minimum Gasteiger partial charge on any atom is -0.390 e. The van der Waals surface area contributed by atoms with Crippen LogP contribution in [0.5, 0.6) is 0 Å². The van der Waals surface area contributed by atoms with Crippen LogP contribution in [0.3, 0.4) is 0 Å². The summed E-state index contributed by atoms with van der Waals surface area (Å²) in [5, 5.41) is 13.8. The van der Waals surface area contributed by atoms with Crippen LogP contribution in [0.2, 0.25) is 0 Å². The van der Waals surface area contributed by atoms with Crippen LogP contribution in [0, 0.1) is 0 Å². The molecular formula is C31H40N4O3. The molecule has 1 amide bonds. The molecule has 1 aromatic carbocycles. The van der Waals surface area contributed by atoms with Gasteiger partial charge in [-0.1, -0.05) is 18.2 Å². The van der Waals surface area contributed by atoms with E-state index in [0.29, 0.717) is 11.6 Å². The number of aliphatic hydroxyl groups is 1. The van der Waals surface area contributed by atoms with Gasteiger partial charge in [0.2, 0.25) is 0 Å². The molecule has 7 nitrogen and oxygen atoms in total. The molecule has 6 aliphatic rings. The Bertz CT molecular complexity index is 1230. The van der Waals surface area contributed by atoms with Crippen molar-refractivity contribution in [1.82, 2.24) is 15.2 Å². The maximum absolute atomic E-state index is 13.4. The van der Waals surface area contributed by atoms with E-state index in [4.69, 9.17) is 10.5 Å². The normalized spacial score (nSPS) is 33.1. The molecular weight excluding hydrogens is 476 g/mol. The lowest BCUT2D eigenvalue weighted by Gasteiger charge is -2.51. The predicted octanol–water partition coefficient (Wildman–Crippen LogP) is 3.97. The monoisotopic (exact) mass is 516 g/mol. The number of carbonyl (C=O) groups is 1. The number of rotatable bonds is 4. The number of amides is 1. The third-order valence-corrected chi connectivity index (χ3v) is 10.7. The van der Waals surface area contributed by atoms with Crippen LogP contribution in [0.15, 0.2) is 30.5 Å². The molecule has 3 heterocycles. The molecule has 7 heteroatoms. The summed E-state index contributed by atoms with van der Waals surface area (Å²) >= 11 is 0. The van der Waals surface area contributed by atoms with Crippen molar-refractivity contribution in [1.29, 1.82) is 0 Å². The third kappa shape index (κ3) is 4.14. The molecule has 38 heavy (non-hydrogen) atoms. The Morgan fingerprint density at radius 2 is 1.79 bits per heavy atom. The number of pyridine rings is 1. The van der Waals surface area contributed by atoms with Crippen LogP contribution >= 0.6 is 0 Å². The van der Waals surface area contributed by atoms with Crippen molar-refractivity contribution >= 4 is 11.7 Å². The number of fused-ring (bicyclic) bond motifs is 5. The lowest BCUT2D eigenvalue weighted by atomic mass is 9.63. The number of benzene rings is 1. The zero-order valence-corrected chi connectivity index (χ0v) is 22.3. The van der Waals surface area contributed by atoms with Crippen molar-refractivity contribution in [3.05, 3.63) is 47.2 Å². The zero-order valence-electron chi connectivity index (χ0n) is 22.3. The van der Waals surface area contributed by atoms with Crippen molar-refractivity contribution in [3.63, 3.8) is 0 Å². The summed E-state index contributed by atoms with van der Waals surface area (Å²) < 4.78 is 5.60. The van der Waals surface area contributed by atoms with Gasteiger partial charge in [-0.15, -0.1) is 0 Å². The van der Waals surface area contributed by atoms with Crippen molar-refractivity contribution in [2.75, 3.05) is 32.0 Å². The van der Waals surface area contributed by atoms with Gasteiger partial charge < -0.3 is 20.9 Å². The number of hydrogen-bond acceptors (Lipinski definition) is 6. The Kier molecular flexibility index (Phi) is 5.84. The number of aromatic nitrogens is 1. The fraction of sp³-hybridized carbons (Fsp3) is 0.613. The summed E-state index contributed by atoms with van der Waals surface area (Å²) in [6.45, 7) is 4.14. The Morgan fingerprint density at radius 3 is 2.55 bits per heavy atom. The molecule has 5 fully saturated rings. The van der Waals surface area contributed by atoms with Crippen molar-refractivity contribution < 1.29 is 14.6 Å². The first kappa shape index (κ1) is 24.6. The molecule has 2 aliphatic heterocycles. The molecule has 0 unspecified atom stereocenters. The van der Waals surface area contributed by atoms with Crippen molar-refractivity contribution in [3.8, 4) is 11.1 Å². The topological polar surface area (TPSA) is 101 Å². The van der Waals surface area contributed by atoms with Gasteiger partial charge in [0.15, 0.2) is 0 Å². The molecule has 3 saturated carbocycles. The number of nitrogens with one attached hydrogen (secondary N) is 1. The summed E-state index contributed by atoms with van der Waals surface area (Å²) in [6.07, 6.45) is 12.4. The Balaban J connectivity index is 1.10. The zero-order chi connectivity index (χ0) is 26.0. The maximum atomic E-state index is 13.4. The van der Waals surface area contributed by atoms with Gasteiger partial charge in [-0.3, -0.25) is 9.69 Å². The molecule has 1 aromatic heterocycles. The summed E-state index contributed by atoms with van der Waals surface area (Å²) in [4.78, 5) is 20.5. The minimum absolute atomic E-state index is 0.150. The van der Waals surface area contributed by atoms with Gasteiger partial charge in [0, 0.05) is 48.5 Å². The standard InChI is InChI=1S/C31H40N4O3/c32-27-25(28(36)34-30-7-10-31(37,11-8-30)12-9-30)18-23(19-33-27)21-1-2-26-22(17-21)3-6-29(26)13-14-35(20-29)24-4-15-38-16-5-24/h1-2,17-19,24,37H,3-16,20H2,(H2,32,33)(H,34,36)/t29-,30?,31?/m1/s1. The number of aryl methyl sites for hydroxylation is 1. The summed E-state index contributed by atoms with van der Waals surface area (Å²) in [6, 6.07) is 9.44. The van der Waals surface area contributed by atoms with Crippen LogP contribution in [0.1, 0.15) is 85.7 Å². The predicted molar refractivity (Wildman–Crippen MR) is 147 cm³/mol. The number of nitrogens with two attached hydrogens (primary N) is 1. The van der Waals surface area contributed by atoms with Crippen LogP contribution in [0.25, 0.3) is 11.1 Å². The number of nitrogen functional groups attached to an aromatic ring is 1. The lowest BCUT2D eigenvalue weighted by Crippen LogP contribution is -2.58. The third-order valence-electron chi connectivity index (χ3n) is 10.7. The van der Waals surface area contributed by atoms with E-state index in [2.05, 4.69) is 33.4 Å². The van der Waals surface area contributed by atoms with E-state index in [0.717, 1.165) is 88.7 Å². The van der Waals surface area contributed by atoms with E-state index in [1.807, 2.05) is 6.07 Å². The van der Waals surface area contributed by atoms with Gasteiger partial charge in [-0.2, -0.15) is 0 Å². The van der Waals surface area contributed by atoms with E-state index < -0.39 is 5.60 Å². The number of ether oxygens (including phenoxy) is 1. The van der Waals surface area contributed by atoms with Crippen LogP contribution < -0.4 is 11.1 Å². The highest BCUT2D eigenvalue weighted by molar-refractivity contribution is 6.00. The highest BCUT2D eigenvalue weighted by Gasteiger charge is 2.49. The molecule has 2 saturated heterocycles. The van der Waals surface area contributed by atoms with Gasteiger partial charge in [0.05, 0.1) is 11.2 Å². The largest absolute Gasteiger partial charge is 0.390 e. The number of nitrogens with zero attached hydrogens (tertiary/aromatic N) is 2. The van der Waals surface area contributed by atoms with Crippen LogP contribution in [-0.2, 0) is 16.6 Å². The van der Waals surface area contributed by atoms with Gasteiger partial charge in [-0.05, 0) is 99.9 Å². The van der Waals surface area contributed by atoms with Gasteiger partial charge >= 0.3 is 0 Å². The average molecular weight is 517 g/mol. The Hall–Kier alpha value is -2.48. The van der Waals surface area contributed by atoms with Crippen molar-refractivity contribution in [2.24, 2.45) is 0 Å². The number of anilines is 1. The first-order chi connectivity index (χ1) is 18.4. The number of carbonyl (C=O) groups excluding carboxylic acids is 1. The number of hydrogen-bond donors (Lipinski definition) is 3. The van der Waals surface area contributed by atoms with Gasteiger partial charge in [-0.25, -0.2) is 4.98 Å². The van der Waals surface area contributed by atoms with Crippen molar-refractivity contribution in [2.45, 2.75) is 93.2 Å². The maximum Gasteiger partial charge on any atom is 0.255 e. The fourth-order valence-electron chi connectivity index (χ4n) is 8.17. The lowest BCUT2D eigenvalue weighted by molar-refractivity contribution is -0.0702. The molecule has 2 aromatic rings. The summed E-state index contributed by atoms with van der Waals surface area (Å²) in [5.74, 6) is 0.119. The molecule has 8 rings (SSSR count). The molecule has 1 atom stereocenters. The van der Waals surface area contributed by atoms with E-state index >= 15 is 0 Å². The van der Waals surface area contributed by atoms with E-state index in [-0.39, 0.29) is 22.7 Å². The smallest absolute Gasteiger partial charge is 0.255 e. The first-order valence-corrected chi connectivity index (χ1v) is 14.6.